The molecule has 3 aromatic carbocycles. The number of thioether (sulfide) groups is 1. The van der Waals surface area contributed by atoms with Gasteiger partial charge in [0.2, 0.25) is 11.8 Å². The molecular weight excluding hydrogens is 476 g/mol. The molecule has 1 fully saturated rings. The number of amides is 2. The molecule has 0 saturated carbocycles. The molecule has 8 heteroatoms. The van der Waals surface area contributed by atoms with Crippen LogP contribution in [0.2, 0.25) is 0 Å². The van der Waals surface area contributed by atoms with E-state index in [0.29, 0.717) is 0 Å². The zero-order chi connectivity index (χ0) is 25.2. The summed E-state index contributed by atoms with van der Waals surface area (Å²) in [4.78, 5) is 40.0. The van der Waals surface area contributed by atoms with E-state index in [1.54, 1.807) is 0 Å². The van der Waals surface area contributed by atoms with Crippen molar-refractivity contribution in [3.05, 3.63) is 119 Å². The summed E-state index contributed by atoms with van der Waals surface area (Å²) < 4.78 is 5.96. The Bertz CT molecular complexity index is 1270. The highest BCUT2D eigenvalue weighted by molar-refractivity contribution is 8.00. The predicted molar refractivity (Wildman–Crippen MR) is 135 cm³/mol. The highest BCUT2D eigenvalue weighted by atomic mass is 32.2. The van der Waals surface area contributed by atoms with Gasteiger partial charge in [-0.15, -0.1) is 11.8 Å². The van der Waals surface area contributed by atoms with Gasteiger partial charge in [-0.25, -0.2) is 4.79 Å². The maximum atomic E-state index is 13.6. The molecule has 0 aliphatic carbocycles. The SMILES string of the molecule is CC(=O)NC1S[C@@H]2C(c3ccccc3)C(=O)N2C(C(=O)OC(c2ccccc2)c2ccccc2)=C1O. The normalized spacial score (nSPS) is 21.0. The maximum absolute atomic E-state index is 13.6. The molecule has 2 unspecified atom stereocenters. The molecule has 5 rings (SSSR count). The van der Waals surface area contributed by atoms with Crippen LogP contribution < -0.4 is 5.32 Å². The fraction of sp³-hybridized carbons (Fsp3) is 0.179. The summed E-state index contributed by atoms with van der Waals surface area (Å²) in [5, 5.41) is 12.3. The Labute approximate surface area is 212 Å². The maximum Gasteiger partial charge on any atom is 0.359 e. The summed E-state index contributed by atoms with van der Waals surface area (Å²) in [6.45, 7) is 1.33. The molecule has 3 aromatic rings. The number of benzene rings is 3. The first-order valence-electron chi connectivity index (χ1n) is 11.5. The summed E-state index contributed by atoms with van der Waals surface area (Å²) in [6.07, 6.45) is -0.756. The minimum absolute atomic E-state index is 0.244. The van der Waals surface area contributed by atoms with Crippen molar-refractivity contribution in [2.45, 2.75) is 29.7 Å². The van der Waals surface area contributed by atoms with Crippen LogP contribution in [0.3, 0.4) is 0 Å². The van der Waals surface area contributed by atoms with Crippen molar-refractivity contribution in [3.63, 3.8) is 0 Å². The number of hydrogen-bond acceptors (Lipinski definition) is 6. The second-order valence-corrected chi connectivity index (χ2v) is 9.77. The summed E-state index contributed by atoms with van der Waals surface area (Å²) in [6, 6.07) is 27.8. The zero-order valence-corrected chi connectivity index (χ0v) is 20.2. The fourth-order valence-electron chi connectivity index (χ4n) is 4.50. The van der Waals surface area contributed by atoms with Gasteiger partial charge in [-0.3, -0.25) is 14.5 Å². The van der Waals surface area contributed by atoms with Crippen LogP contribution in [0.4, 0.5) is 0 Å². The Morgan fingerprint density at radius 1 is 0.917 bits per heavy atom. The number of nitrogens with zero attached hydrogens (tertiary/aromatic N) is 1. The summed E-state index contributed by atoms with van der Waals surface area (Å²) in [5.74, 6) is -2.44. The van der Waals surface area contributed by atoms with Gasteiger partial charge in [-0.05, 0) is 16.7 Å². The Kier molecular flexibility index (Phi) is 6.52. The molecule has 2 heterocycles. The fourth-order valence-corrected chi connectivity index (χ4v) is 6.01. The molecular formula is C28H24N2O5S. The number of fused-ring (bicyclic) bond motifs is 1. The van der Waals surface area contributed by atoms with Gasteiger partial charge in [0.15, 0.2) is 17.6 Å². The molecule has 7 nitrogen and oxygen atoms in total. The number of nitrogens with one attached hydrogen (secondary N) is 1. The number of carbonyl (C=O) groups is 3. The first kappa shape index (κ1) is 23.7. The molecule has 0 radical (unpaired) electrons. The summed E-state index contributed by atoms with van der Waals surface area (Å²) >= 11 is 1.21. The Morgan fingerprint density at radius 2 is 1.44 bits per heavy atom. The summed E-state index contributed by atoms with van der Waals surface area (Å²) in [7, 11) is 0. The van der Waals surface area contributed by atoms with Crippen LogP contribution in [0.25, 0.3) is 0 Å². The number of aliphatic hydroxyl groups is 1. The summed E-state index contributed by atoms with van der Waals surface area (Å²) in [5.41, 5.74) is 2.05. The van der Waals surface area contributed by atoms with Crippen LogP contribution >= 0.6 is 11.8 Å². The van der Waals surface area contributed by atoms with Gasteiger partial charge in [0, 0.05) is 6.92 Å². The monoisotopic (exact) mass is 500 g/mol. The number of hydrogen-bond donors (Lipinski definition) is 2. The van der Waals surface area contributed by atoms with Crippen LogP contribution in [0.1, 0.15) is 35.6 Å². The standard InChI is InChI=1S/C28H24N2O5S/c1-17(31)29-25-23(32)22(30-26(33)21(27(30)36-25)18-11-5-2-6-12-18)28(34)35-24(19-13-7-3-8-14-19)20-15-9-4-10-16-20/h2-16,21,24-25,27,32H,1H3,(H,29,31)/t21?,25?,27-/m1/s1. The molecule has 0 bridgehead atoms. The Hall–Kier alpha value is -4.04. The van der Waals surface area contributed by atoms with Gasteiger partial charge >= 0.3 is 5.97 Å². The van der Waals surface area contributed by atoms with Crippen molar-refractivity contribution in [1.82, 2.24) is 10.2 Å². The van der Waals surface area contributed by atoms with Gasteiger partial charge < -0.3 is 15.2 Å². The molecule has 2 N–H and O–H groups in total. The number of ether oxygens (including phenoxy) is 1. The molecule has 3 atom stereocenters. The van der Waals surface area contributed by atoms with Crippen molar-refractivity contribution < 1.29 is 24.2 Å². The minimum atomic E-state index is -0.891. The first-order valence-corrected chi connectivity index (χ1v) is 12.4. The van der Waals surface area contributed by atoms with E-state index in [-0.39, 0.29) is 17.5 Å². The number of β-lactam (4-membered cyclic amide) rings is 1. The smallest absolute Gasteiger partial charge is 0.359 e. The van der Waals surface area contributed by atoms with Gasteiger partial charge in [0.25, 0.3) is 0 Å². The lowest BCUT2D eigenvalue weighted by Gasteiger charge is -2.50. The number of aliphatic hydroxyl groups excluding tert-OH is 1. The molecule has 36 heavy (non-hydrogen) atoms. The average molecular weight is 501 g/mol. The lowest BCUT2D eigenvalue weighted by Crippen LogP contribution is -2.62. The van der Waals surface area contributed by atoms with Crippen molar-refractivity contribution in [1.29, 1.82) is 0 Å². The van der Waals surface area contributed by atoms with E-state index in [1.807, 2.05) is 91.0 Å². The van der Waals surface area contributed by atoms with Crippen LogP contribution in [0, 0.1) is 0 Å². The zero-order valence-electron chi connectivity index (χ0n) is 19.4. The third-order valence-electron chi connectivity index (χ3n) is 6.17. The van der Waals surface area contributed by atoms with E-state index in [1.165, 1.54) is 23.6 Å². The molecule has 0 spiro atoms. The lowest BCUT2D eigenvalue weighted by molar-refractivity contribution is -0.154. The van der Waals surface area contributed by atoms with E-state index in [0.717, 1.165) is 16.7 Å². The van der Waals surface area contributed by atoms with Gasteiger partial charge in [0.05, 0.1) is 5.92 Å². The van der Waals surface area contributed by atoms with Gasteiger partial charge in [-0.1, -0.05) is 91.0 Å². The molecule has 2 amide bonds. The third kappa shape index (κ3) is 4.35. The van der Waals surface area contributed by atoms with Crippen molar-refractivity contribution in [3.8, 4) is 0 Å². The number of carbonyl (C=O) groups excluding carboxylic acids is 3. The van der Waals surface area contributed by atoms with Gasteiger partial charge in [0.1, 0.15) is 10.7 Å². The van der Waals surface area contributed by atoms with E-state index >= 15 is 0 Å². The van der Waals surface area contributed by atoms with E-state index < -0.39 is 34.5 Å². The largest absolute Gasteiger partial charge is 0.507 e. The van der Waals surface area contributed by atoms with Crippen LogP contribution in [-0.4, -0.2) is 38.5 Å². The van der Waals surface area contributed by atoms with Crippen molar-refractivity contribution >= 4 is 29.5 Å². The quantitative estimate of drug-likeness (QED) is 0.388. The number of esters is 1. The Morgan fingerprint density at radius 3 is 1.97 bits per heavy atom. The van der Waals surface area contributed by atoms with Crippen LogP contribution in [0.5, 0.6) is 0 Å². The second kappa shape index (κ2) is 9.91. The molecule has 182 valence electrons. The van der Waals surface area contributed by atoms with Crippen LogP contribution in [0.15, 0.2) is 102 Å². The van der Waals surface area contributed by atoms with Crippen molar-refractivity contribution in [2.24, 2.45) is 0 Å². The average Bonchev–Trinajstić information content (AvgIpc) is 2.90. The minimum Gasteiger partial charge on any atom is -0.507 e. The van der Waals surface area contributed by atoms with E-state index in [4.69, 9.17) is 4.74 Å². The first-order chi connectivity index (χ1) is 17.5. The van der Waals surface area contributed by atoms with Crippen LogP contribution in [-0.2, 0) is 19.1 Å². The molecule has 0 aromatic heterocycles. The van der Waals surface area contributed by atoms with Gasteiger partial charge in [-0.2, -0.15) is 0 Å². The van der Waals surface area contributed by atoms with E-state index in [2.05, 4.69) is 5.32 Å². The third-order valence-corrected chi connectivity index (χ3v) is 7.54. The molecule has 2 aliphatic rings. The lowest BCUT2D eigenvalue weighted by atomic mass is 9.89. The molecule has 1 saturated heterocycles. The highest BCUT2D eigenvalue weighted by Crippen LogP contribution is 2.50. The molecule has 2 aliphatic heterocycles. The predicted octanol–water partition coefficient (Wildman–Crippen LogP) is 4.25. The second-order valence-electron chi connectivity index (χ2n) is 8.54. The highest BCUT2D eigenvalue weighted by Gasteiger charge is 2.57. The number of rotatable bonds is 6. The topological polar surface area (TPSA) is 95.9 Å². The Balaban J connectivity index is 1.51. The van der Waals surface area contributed by atoms with Crippen molar-refractivity contribution in [2.75, 3.05) is 0 Å². The van der Waals surface area contributed by atoms with E-state index in [9.17, 15) is 19.5 Å².